The molecule has 1 fully saturated rings. The number of hydrogen-bond donors (Lipinski definition) is 1. The lowest BCUT2D eigenvalue weighted by Crippen LogP contribution is -2.39. The van der Waals surface area contributed by atoms with Crippen LogP contribution in [0.5, 0.6) is 0 Å². The molecule has 1 heterocycles. The molecule has 1 aromatic carbocycles. The molecule has 1 aliphatic carbocycles. The van der Waals surface area contributed by atoms with Crippen LogP contribution in [0.25, 0.3) is 11.3 Å². The largest absolute Gasteiger partial charge is 0.359 e. The summed E-state index contributed by atoms with van der Waals surface area (Å²) in [5.41, 5.74) is 7.86. The van der Waals surface area contributed by atoms with E-state index in [1.807, 2.05) is 36.4 Å². The Kier molecular flexibility index (Phi) is 3.85. The highest BCUT2D eigenvalue weighted by molar-refractivity contribution is 5.58. The number of nitrogens with zero attached hydrogens (tertiary/aromatic N) is 2. The molecule has 3 rings (SSSR count). The molecule has 0 bridgehead atoms. The third kappa shape index (κ3) is 2.92. The van der Waals surface area contributed by atoms with Crippen LogP contribution in [-0.2, 0) is 6.54 Å². The fourth-order valence-corrected chi connectivity index (χ4v) is 2.71. The summed E-state index contributed by atoms with van der Waals surface area (Å²) in [5.74, 6) is 1.66. The van der Waals surface area contributed by atoms with Gasteiger partial charge in [0, 0.05) is 24.2 Å². The van der Waals surface area contributed by atoms with E-state index in [0.29, 0.717) is 12.6 Å². The fourth-order valence-electron chi connectivity index (χ4n) is 2.71. The van der Waals surface area contributed by atoms with Gasteiger partial charge in [-0.3, -0.25) is 4.90 Å². The summed E-state index contributed by atoms with van der Waals surface area (Å²) in [6.07, 6.45) is 2.61. The zero-order chi connectivity index (χ0) is 13.9. The van der Waals surface area contributed by atoms with Crippen molar-refractivity contribution in [3.63, 3.8) is 0 Å². The predicted molar refractivity (Wildman–Crippen MR) is 79.0 cm³/mol. The molecule has 1 aliphatic rings. The Morgan fingerprint density at radius 1 is 1.35 bits per heavy atom. The number of benzene rings is 1. The van der Waals surface area contributed by atoms with Gasteiger partial charge in [0.2, 0.25) is 0 Å². The maximum absolute atomic E-state index is 5.88. The SMILES string of the molecule is CN(Cc1cc(-c2ccccc2)no1)C(CN)C1CC1. The van der Waals surface area contributed by atoms with Crippen LogP contribution in [0.3, 0.4) is 0 Å². The van der Waals surface area contributed by atoms with Crippen LogP contribution in [0.15, 0.2) is 40.9 Å². The topological polar surface area (TPSA) is 55.3 Å². The van der Waals surface area contributed by atoms with Crippen LogP contribution in [0.1, 0.15) is 18.6 Å². The zero-order valence-electron chi connectivity index (χ0n) is 11.8. The van der Waals surface area contributed by atoms with Crippen molar-refractivity contribution in [2.45, 2.75) is 25.4 Å². The molecule has 0 radical (unpaired) electrons. The van der Waals surface area contributed by atoms with Gasteiger partial charge in [-0.05, 0) is 25.8 Å². The third-order valence-electron chi connectivity index (χ3n) is 4.01. The lowest BCUT2D eigenvalue weighted by Gasteiger charge is -2.25. The van der Waals surface area contributed by atoms with E-state index in [2.05, 4.69) is 17.1 Å². The van der Waals surface area contributed by atoms with Crippen LogP contribution >= 0.6 is 0 Å². The molecular formula is C16H21N3O. The Balaban J connectivity index is 1.68. The van der Waals surface area contributed by atoms with Crippen LogP contribution in [0, 0.1) is 5.92 Å². The van der Waals surface area contributed by atoms with Crippen molar-refractivity contribution in [2.24, 2.45) is 11.7 Å². The van der Waals surface area contributed by atoms with Crippen molar-refractivity contribution in [2.75, 3.05) is 13.6 Å². The molecular weight excluding hydrogens is 250 g/mol. The number of nitrogens with two attached hydrogens (primary N) is 1. The highest BCUT2D eigenvalue weighted by Gasteiger charge is 2.33. The highest BCUT2D eigenvalue weighted by Crippen LogP contribution is 2.35. The molecule has 20 heavy (non-hydrogen) atoms. The maximum Gasteiger partial charge on any atom is 0.151 e. The smallest absolute Gasteiger partial charge is 0.151 e. The fraction of sp³-hybridized carbons (Fsp3) is 0.438. The summed E-state index contributed by atoms with van der Waals surface area (Å²) >= 11 is 0. The van der Waals surface area contributed by atoms with Gasteiger partial charge in [0.05, 0.1) is 6.54 Å². The Hall–Kier alpha value is -1.65. The number of aromatic nitrogens is 1. The van der Waals surface area contributed by atoms with E-state index in [1.54, 1.807) is 0 Å². The Morgan fingerprint density at radius 3 is 2.75 bits per heavy atom. The van der Waals surface area contributed by atoms with Gasteiger partial charge in [0.1, 0.15) is 5.69 Å². The molecule has 1 atom stereocenters. The minimum Gasteiger partial charge on any atom is -0.359 e. The van der Waals surface area contributed by atoms with E-state index in [1.165, 1.54) is 12.8 Å². The summed E-state index contributed by atoms with van der Waals surface area (Å²) < 4.78 is 5.45. The van der Waals surface area contributed by atoms with Crippen LogP contribution in [0.2, 0.25) is 0 Å². The molecule has 2 N–H and O–H groups in total. The minimum absolute atomic E-state index is 0.459. The molecule has 4 heteroatoms. The first-order chi connectivity index (χ1) is 9.78. The van der Waals surface area contributed by atoms with Crippen LogP contribution in [0.4, 0.5) is 0 Å². The van der Waals surface area contributed by atoms with Gasteiger partial charge in [-0.1, -0.05) is 35.5 Å². The quantitative estimate of drug-likeness (QED) is 0.877. The monoisotopic (exact) mass is 271 g/mol. The summed E-state index contributed by atoms with van der Waals surface area (Å²) in [6.45, 7) is 1.47. The molecule has 0 aliphatic heterocycles. The first-order valence-electron chi connectivity index (χ1n) is 7.19. The second kappa shape index (κ2) is 5.77. The Morgan fingerprint density at radius 2 is 2.10 bits per heavy atom. The molecule has 0 amide bonds. The van der Waals surface area contributed by atoms with Crippen molar-refractivity contribution < 1.29 is 4.52 Å². The van der Waals surface area contributed by atoms with Gasteiger partial charge in [-0.25, -0.2) is 0 Å². The third-order valence-corrected chi connectivity index (χ3v) is 4.01. The Bertz CT molecular complexity index is 548. The van der Waals surface area contributed by atoms with Crippen LogP contribution in [-0.4, -0.2) is 29.7 Å². The molecule has 106 valence electrons. The predicted octanol–water partition coefficient (Wildman–Crippen LogP) is 2.51. The molecule has 2 aromatic rings. The average molecular weight is 271 g/mol. The number of hydrogen-bond acceptors (Lipinski definition) is 4. The van der Waals surface area contributed by atoms with E-state index >= 15 is 0 Å². The summed E-state index contributed by atoms with van der Waals surface area (Å²) in [5, 5.41) is 4.15. The molecule has 1 saturated carbocycles. The number of likely N-dealkylation sites (N-methyl/N-ethyl adjacent to an activating group) is 1. The van der Waals surface area contributed by atoms with Gasteiger partial charge in [0.15, 0.2) is 5.76 Å². The lowest BCUT2D eigenvalue weighted by atomic mass is 10.1. The second-order valence-electron chi connectivity index (χ2n) is 5.60. The maximum atomic E-state index is 5.88. The molecule has 1 aromatic heterocycles. The highest BCUT2D eigenvalue weighted by atomic mass is 16.5. The number of rotatable bonds is 6. The summed E-state index contributed by atoms with van der Waals surface area (Å²) in [4.78, 5) is 2.28. The second-order valence-corrected chi connectivity index (χ2v) is 5.60. The van der Waals surface area contributed by atoms with E-state index in [9.17, 15) is 0 Å². The van der Waals surface area contributed by atoms with Gasteiger partial charge >= 0.3 is 0 Å². The first kappa shape index (κ1) is 13.3. The molecule has 1 unspecified atom stereocenters. The van der Waals surface area contributed by atoms with E-state index in [0.717, 1.165) is 29.5 Å². The average Bonchev–Trinajstić information content (AvgIpc) is 3.19. The lowest BCUT2D eigenvalue weighted by molar-refractivity contribution is 0.193. The summed E-state index contributed by atoms with van der Waals surface area (Å²) in [7, 11) is 2.11. The van der Waals surface area contributed by atoms with Crippen molar-refractivity contribution in [3.05, 3.63) is 42.2 Å². The van der Waals surface area contributed by atoms with Crippen LogP contribution < -0.4 is 5.73 Å². The van der Waals surface area contributed by atoms with Gasteiger partial charge in [-0.2, -0.15) is 0 Å². The summed E-state index contributed by atoms with van der Waals surface area (Å²) in [6, 6.07) is 12.6. The molecule has 0 spiro atoms. The van der Waals surface area contributed by atoms with Crippen molar-refractivity contribution in [1.29, 1.82) is 0 Å². The van der Waals surface area contributed by atoms with Crippen molar-refractivity contribution in [1.82, 2.24) is 10.1 Å². The van der Waals surface area contributed by atoms with Crippen molar-refractivity contribution >= 4 is 0 Å². The van der Waals surface area contributed by atoms with E-state index < -0.39 is 0 Å². The van der Waals surface area contributed by atoms with Gasteiger partial charge in [-0.15, -0.1) is 0 Å². The zero-order valence-corrected chi connectivity index (χ0v) is 11.8. The van der Waals surface area contributed by atoms with E-state index in [-0.39, 0.29) is 0 Å². The van der Waals surface area contributed by atoms with Crippen molar-refractivity contribution in [3.8, 4) is 11.3 Å². The first-order valence-corrected chi connectivity index (χ1v) is 7.19. The molecule has 4 nitrogen and oxygen atoms in total. The minimum atomic E-state index is 0.459. The Labute approximate surface area is 119 Å². The molecule has 0 saturated heterocycles. The normalized spacial score (nSPS) is 16.6. The standard InChI is InChI=1S/C16H21N3O/c1-19(16(10-17)13-7-8-13)11-14-9-15(18-20-14)12-5-3-2-4-6-12/h2-6,9,13,16H,7-8,10-11,17H2,1H3. The van der Waals surface area contributed by atoms with Gasteiger partial charge < -0.3 is 10.3 Å². The van der Waals surface area contributed by atoms with Gasteiger partial charge in [0.25, 0.3) is 0 Å². The van der Waals surface area contributed by atoms with E-state index in [4.69, 9.17) is 10.3 Å².